The highest BCUT2D eigenvalue weighted by Crippen LogP contribution is 2.25. The summed E-state index contributed by atoms with van der Waals surface area (Å²) in [5.74, 6) is 0.752. The van der Waals surface area contributed by atoms with Crippen molar-refractivity contribution in [1.82, 2.24) is 10.2 Å². The quantitative estimate of drug-likeness (QED) is 0.701. The third-order valence-corrected chi connectivity index (χ3v) is 4.76. The van der Waals surface area contributed by atoms with Crippen molar-refractivity contribution < 1.29 is 0 Å². The third kappa shape index (κ3) is 4.75. The van der Waals surface area contributed by atoms with Gasteiger partial charge in [0, 0.05) is 6.04 Å². The predicted molar refractivity (Wildman–Crippen MR) is 85.6 cm³/mol. The summed E-state index contributed by atoms with van der Waals surface area (Å²) in [5.41, 5.74) is -0.303. The van der Waals surface area contributed by atoms with Crippen molar-refractivity contribution in [3.8, 4) is 6.07 Å². The van der Waals surface area contributed by atoms with Gasteiger partial charge in [0.2, 0.25) is 0 Å². The van der Waals surface area contributed by atoms with Crippen molar-refractivity contribution in [2.45, 2.75) is 77.8 Å². The first-order valence-corrected chi connectivity index (χ1v) is 8.49. The van der Waals surface area contributed by atoms with E-state index in [1.165, 1.54) is 19.4 Å². The van der Waals surface area contributed by atoms with Gasteiger partial charge in [0.25, 0.3) is 0 Å². The second-order valence-electron chi connectivity index (χ2n) is 6.57. The maximum Gasteiger partial charge on any atom is 0.106 e. The van der Waals surface area contributed by atoms with E-state index < -0.39 is 0 Å². The highest BCUT2D eigenvalue weighted by molar-refractivity contribution is 5.06. The molecule has 1 saturated heterocycles. The molecule has 0 aliphatic carbocycles. The Balaban J connectivity index is 2.42. The average Bonchev–Trinajstić information content (AvgIpc) is 2.91. The van der Waals surface area contributed by atoms with Crippen molar-refractivity contribution in [3.05, 3.63) is 0 Å². The van der Waals surface area contributed by atoms with Crippen molar-refractivity contribution >= 4 is 0 Å². The smallest absolute Gasteiger partial charge is 0.106 e. The molecule has 0 bridgehead atoms. The van der Waals surface area contributed by atoms with Crippen LogP contribution in [0, 0.1) is 17.2 Å². The molecule has 2 unspecified atom stereocenters. The van der Waals surface area contributed by atoms with Crippen molar-refractivity contribution in [3.63, 3.8) is 0 Å². The van der Waals surface area contributed by atoms with Gasteiger partial charge in [0.15, 0.2) is 0 Å². The van der Waals surface area contributed by atoms with Crippen LogP contribution >= 0.6 is 0 Å². The zero-order valence-corrected chi connectivity index (χ0v) is 13.9. The Bertz CT molecular complexity index is 308. The summed E-state index contributed by atoms with van der Waals surface area (Å²) in [6.07, 6.45) is 6.78. The van der Waals surface area contributed by atoms with Crippen LogP contribution in [0.2, 0.25) is 0 Å². The van der Waals surface area contributed by atoms with Crippen LogP contribution in [0.4, 0.5) is 0 Å². The molecular formula is C17H33N3. The number of hydrogen-bond acceptors (Lipinski definition) is 3. The molecule has 0 saturated carbocycles. The van der Waals surface area contributed by atoms with Crippen LogP contribution < -0.4 is 5.32 Å². The molecule has 0 spiro atoms. The van der Waals surface area contributed by atoms with E-state index in [0.717, 1.165) is 50.7 Å². The average molecular weight is 279 g/mol. The molecule has 1 rings (SSSR count). The maximum absolute atomic E-state index is 9.51. The number of likely N-dealkylation sites (tertiary alicyclic amines) is 1. The lowest BCUT2D eigenvalue weighted by Crippen LogP contribution is -2.44. The standard InChI is InChI=1S/C17H33N3/c1-5-11-19-17(6-2,14-18)10-8-13-20-12-7-9-16(20)15(3)4/h15-16,19H,5-13H2,1-4H3. The molecule has 0 aromatic rings. The minimum atomic E-state index is -0.303. The molecule has 0 aromatic heterocycles. The van der Waals surface area contributed by atoms with Crippen molar-refractivity contribution in [1.29, 1.82) is 5.26 Å². The molecule has 0 radical (unpaired) electrons. The van der Waals surface area contributed by atoms with Crippen molar-refractivity contribution in [2.24, 2.45) is 5.92 Å². The maximum atomic E-state index is 9.51. The van der Waals surface area contributed by atoms with Gasteiger partial charge in [0.1, 0.15) is 5.54 Å². The van der Waals surface area contributed by atoms with E-state index >= 15 is 0 Å². The number of nitrogens with zero attached hydrogens (tertiary/aromatic N) is 2. The SMILES string of the molecule is CCCNC(C#N)(CC)CCCN1CCCC1C(C)C. The van der Waals surface area contributed by atoms with Gasteiger partial charge in [-0.15, -0.1) is 0 Å². The molecule has 0 amide bonds. The van der Waals surface area contributed by atoms with E-state index in [2.05, 4.69) is 44.0 Å². The molecule has 1 heterocycles. The van der Waals surface area contributed by atoms with Gasteiger partial charge in [-0.25, -0.2) is 0 Å². The highest BCUT2D eigenvalue weighted by atomic mass is 15.2. The fourth-order valence-electron chi connectivity index (χ4n) is 3.40. The van der Waals surface area contributed by atoms with Crippen molar-refractivity contribution in [2.75, 3.05) is 19.6 Å². The summed E-state index contributed by atoms with van der Waals surface area (Å²) >= 11 is 0. The highest BCUT2D eigenvalue weighted by Gasteiger charge is 2.29. The Labute approximate surface area is 125 Å². The van der Waals surface area contributed by atoms with Crippen LogP contribution in [0.25, 0.3) is 0 Å². The molecule has 1 fully saturated rings. The van der Waals surface area contributed by atoms with Gasteiger partial charge in [-0.1, -0.05) is 27.7 Å². The summed E-state index contributed by atoms with van der Waals surface area (Å²) in [5, 5.41) is 13.0. The molecule has 2 atom stereocenters. The van der Waals surface area contributed by atoms with Crippen LogP contribution in [-0.4, -0.2) is 36.1 Å². The Morgan fingerprint density at radius 3 is 2.70 bits per heavy atom. The molecule has 0 aromatic carbocycles. The zero-order valence-electron chi connectivity index (χ0n) is 13.9. The number of nitrogens with one attached hydrogen (secondary N) is 1. The lowest BCUT2D eigenvalue weighted by atomic mass is 9.91. The van der Waals surface area contributed by atoms with E-state index in [0.29, 0.717) is 0 Å². The van der Waals surface area contributed by atoms with Gasteiger partial charge in [-0.3, -0.25) is 5.32 Å². The normalized spacial score (nSPS) is 22.9. The summed E-state index contributed by atoms with van der Waals surface area (Å²) in [6, 6.07) is 3.29. The van der Waals surface area contributed by atoms with E-state index in [1.807, 2.05) is 0 Å². The van der Waals surface area contributed by atoms with Gasteiger partial charge >= 0.3 is 0 Å². The number of rotatable bonds is 9. The lowest BCUT2D eigenvalue weighted by Gasteiger charge is -2.30. The Hall–Kier alpha value is -0.590. The van der Waals surface area contributed by atoms with Crippen LogP contribution in [0.3, 0.4) is 0 Å². The minimum Gasteiger partial charge on any atom is -0.300 e. The van der Waals surface area contributed by atoms with Crippen LogP contribution in [-0.2, 0) is 0 Å². The van der Waals surface area contributed by atoms with Gasteiger partial charge in [-0.2, -0.15) is 5.26 Å². The summed E-state index contributed by atoms with van der Waals surface area (Å²) < 4.78 is 0. The van der Waals surface area contributed by atoms with E-state index in [-0.39, 0.29) is 5.54 Å². The largest absolute Gasteiger partial charge is 0.300 e. The first-order chi connectivity index (χ1) is 9.58. The third-order valence-electron chi connectivity index (χ3n) is 4.76. The van der Waals surface area contributed by atoms with Gasteiger partial charge in [0.05, 0.1) is 6.07 Å². The molecule has 1 aliphatic rings. The first-order valence-electron chi connectivity index (χ1n) is 8.49. The van der Waals surface area contributed by atoms with E-state index in [9.17, 15) is 5.26 Å². The summed E-state index contributed by atoms with van der Waals surface area (Å²) in [7, 11) is 0. The lowest BCUT2D eigenvalue weighted by molar-refractivity contribution is 0.196. The monoisotopic (exact) mass is 279 g/mol. The predicted octanol–water partition coefficient (Wildman–Crippen LogP) is 3.56. The second kappa shape index (κ2) is 8.64. The Morgan fingerprint density at radius 1 is 1.40 bits per heavy atom. The van der Waals surface area contributed by atoms with Crippen LogP contribution in [0.5, 0.6) is 0 Å². The van der Waals surface area contributed by atoms with E-state index in [4.69, 9.17) is 0 Å². The molecule has 116 valence electrons. The fraction of sp³-hybridized carbons (Fsp3) is 0.941. The Kier molecular flexibility index (Phi) is 7.55. The zero-order chi connectivity index (χ0) is 15.0. The van der Waals surface area contributed by atoms with Crippen LogP contribution in [0.15, 0.2) is 0 Å². The van der Waals surface area contributed by atoms with Crippen LogP contribution in [0.1, 0.15) is 66.2 Å². The Morgan fingerprint density at radius 2 is 2.15 bits per heavy atom. The number of nitriles is 1. The molecule has 3 nitrogen and oxygen atoms in total. The first kappa shape index (κ1) is 17.5. The minimum absolute atomic E-state index is 0.303. The summed E-state index contributed by atoms with van der Waals surface area (Å²) in [6.45, 7) is 12.3. The fourth-order valence-corrected chi connectivity index (χ4v) is 3.40. The van der Waals surface area contributed by atoms with E-state index in [1.54, 1.807) is 0 Å². The molecule has 1 N–H and O–H groups in total. The van der Waals surface area contributed by atoms with Gasteiger partial charge < -0.3 is 4.90 Å². The summed E-state index contributed by atoms with van der Waals surface area (Å²) in [4.78, 5) is 2.64. The topological polar surface area (TPSA) is 39.1 Å². The second-order valence-corrected chi connectivity index (χ2v) is 6.57. The molecule has 20 heavy (non-hydrogen) atoms. The molecular weight excluding hydrogens is 246 g/mol. The molecule has 3 heteroatoms. The number of hydrogen-bond donors (Lipinski definition) is 1. The molecule has 1 aliphatic heterocycles. The van der Waals surface area contributed by atoms with Gasteiger partial charge in [-0.05, 0) is 64.1 Å².